The van der Waals surface area contributed by atoms with Gasteiger partial charge >= 0.3 is 5.97 Å². The zero-order valence-electron chi connectivity index (χ0n) is 4.56. The summed E-state index contributed by atoms with van der Waals surface area (Å²) in [5, 5.41) is -0.109. The van der Waals surface area contributed by atoms with Gasteiger partial charge < -0.3 is 4.74 Å². The third-order valence-corrected chi connectivity index (χ3v) is 1.80. The Hall–Kier alpha value is -0.240. The average Bonchev–Trinajstić information content (AvgIpc) is 1.98. The average molecular weight is 135 g/mol. The first-order valence-corrected chi connectivity index (χ1v) is 2.96. The van der Waals surface area contributed by atoms with E-state index in [0.717, 1.165) is 0 Å². The van der Waals surface area contributed by atoms with Gasteiger partial charge in [0.2, 0.25) is 0 Å². The standard InChI is InChI=1S/C5H7ClO2/c1-3-4(6)2-8-5(3)7/h3-4H,2H2,1H3. The molecule has 0 radical (unpaired) electrons. The molecular weight excluding hydrogens is 128 g/mol. The van der Waals surface area contributed by atoms with E-state index < -0.39 is 0 Å². The SMILES string of the molecule is CC1C(=O)OCC1Cl. The molecule has 1 rings (SSSR count). The smallest absolute Gasteiger partial charge is 0.310 e. The first-order chi connectivity index (χ1) is 3.72. The predicted molar refractivity (Wildman–Crippen MR) is 29.8 cm³/mol. The predicted octanol–water partition coefficient (Wildman–Crippen LogP) is 0.787. The van der Waals surface area contributed by atoms with E-state index in [-0.39, 0.29) is 17.3 Å². The summed E-state index contributed by atoms with van der Waals surface area (Å²) in [4.78, 5) is 10.5. The molecule has 2 nitrogen and oxygen atoms in total. The van der Waals surface area contributed by atoms with Crippen LogP contribution < -0.4 is 0 Å². The molecule has 0 saturated carbocycles. The number of hydrogen-bond acceptors (Lipinski definition) is 2. The van der Waals surface area contributed by atoms with Gasteiger partial charge in [0.1, 0.15) is 6.61 Å². The lowest BCUT2D eigenvalue weighted by Gasteiger charge is -1.95. The highest BCUT2D eigenvalue weighted by atomic mass is 35.5. The molecule has 0 aliphatic carbocycles. The lowest BCUT2D eigenvalue weighted by atomic mass is 10.1. The summed E-state index contributed by atoms with van der Waals surface area (Å²) in [5.41, 5.74) is 0. The van der Waals surface area contributed by atoms with Crippen LogP contribution in [0.4, 0.5) is 0 Å². The van der Waals surface area contributed by atoms with Crippen LogP contribution in [0.15, 0.2) is 0 Å². The minimum absolute atomic E-state index is 0.109. The van der Waals surface area contributed by atoms with Crippen LogP contribution in [0.1, 0.15) is 6.92 Å². The Kier molecular flexibility index (Phi) is 1.43. The Morgan fingerprint density at radius 1 is 1.88 bits per heavy atom. The van der Waals surface area contributed by atoms with Crippen molar-refractivity contribution in [3.05, 3.63) is 0 Å². The minimum atomic E-state index is -0.176. The molecular formula is C5H7ClO2. The molecule has 1 fully saturated rings. The third kappa shape index (κ3) is 0.802. The summed E-state index contributed by atoms with van der Waals surface area (Å²) in [6, 6.07) is 0. The molecule has 2 atom stereocenters. The third-order valence-electron chi connectivity index (χ3n) is 1.30. The number of carbonyl (C=O) groups excluding carboxylic acids is 1. The van der Waals surface area contributed by atoms with Crippen LogP contribution in [0, 0.1) is 5.92 Å². The van der Waals surface area contributed by atoms with Gasteiger partial charge in [-0.15, -0.1) is 11.6 Å². The number of cyclic esters (lactones) is 1. The van der Waals surface area contributed by atoms with E-state index in [1.807, 2.05) is 0 Å². The van der Waals surface area contributed by atoms with Crippen molar-refractivity contribution in [3.63, 3.8) is 0 Å². The maximum Gasteiger partial charge on any atom is 0.310 e. The van der Waals surface area contributed by atoms with Crippen LogP contribution in [0.5, 0.6) is 0 Å². The van der Waals surface area contributed by atoms with Gasteiger partial charge in [-0.3, -0.25) is 4.79 Å². The molecule has 0 aromatic carbocycles. The van der Waals surface area contributed by atoms with Gasteiger partial charge in [-0.25, -0.2) is 0 Å². The van der Waals surface area contributed by atoms with Crippen LogP contribution in [-0.4, -0.2) is 18.0 Å². The van der Waals surface area contributed by atoms with Crippen molar-refractivity contribution in [1.82, 2.24) is 0 Å². The van der Waals surface area contributed by atoms with Gasteiger partial charge in [-0.2, -0.15) is 0 Å². The molecule has 46 valence electrons. The summed E-state index contributed by atoms with van der Waals surface area (Å²) in [6.45, 7) is 2.15. The Balaban J connectivity index is 2.56. The topological polar surface area (TPSA) is 26.3 Å². The second kappa shape index (κ2) is 1.94. The Labute approximate surface area is 52.8 Å². The molecule has 2 unspecified atom stereocenters. The van der Waals surface area contributed by atoms with Gasteiger partial charge in [-0.1, -0.05) is 6.92 Å². The van der Waals surface area contributed by atoms with Gasteiger partial charge in [0.15, 0.2) is 0 Å². The molecule has 1 saturated heterocycles. The number of rotatable bonds is 0. The fraction of sp³-hybridized carbons (Fsp3) is 0.800. The monoisotopic (exact) mass is 134 g/mol. The summed E-state index contributed by atoms with van der Waals surface area (Å²) in [5.74, 6) is -0.290. The van der Waals surface area contributed by atoms with Crippen molar-refractivity contribution in [2.24, 2.45) is 5.92 Å². The van der Waals surface area contributed by atoms with Gasteiger partial charge in [-0.05, 0) is 0 Å². The van der Waals surface area contributed by atoms with E-state index in [1.165, 1.54) is 0 Å². The van der Waals surface area contributed by atoms with Crippen molar-refractivity contribution in [2.45, 2.75) is 12.3 Å². The normalized spacial score (nSPS) is 37.5. The highest BCUT2D eigenvalue weighted by Crippen LogP contribution is 2.18. The number of halogens is 1. The largest absolute Gasteiger partial charge is 0.464 e. The van der Waals surface area contributed by atoms with E-state index in [0.29, 0.717) is 6.61 Å². The Bertz CT molecular complexity index is 113. The van der Waals surface area contributed by atoms with Crippen molar-refractivity contribution < 1.29 is 9.53 Å². The molecule has 1 heterocycles. The minimum Gasteiger partial charge on any atom is -0.464 e. The first kappa shape index (κ1) is 5.89. The van der Waals surface area contributed by atoms with Crippen LogP contribution in [0.2, 0.25) is 0 Å². The lowest BCUT2D eigenvalue weighted by molar-refractivity contribution is -0.140. The van der Waals surface area contributed by atoms with Gasteiger partial charge in [0.25, 0.3) is 0 Å². The second-order valence-electron chi connectivity index (χ2n) is 1.93. The number of alkyl halides is 1. The molecule has 1 aliphatic heterocycles. The molecule has 3 heteroatoms. The van der Waals surface area contributed by atoms with E-state index in [1.54, 1.807) is 6.92 Å². The maximum atomic E-state index is 10.5. The maximum absolute atomic E-state index is 10.5. The molecule has 8 heavy (non-hydrogen) atoms. The molecule has 0 N–H and O–H groups in total. The molecule has 1 aliphatic rings. The van der Waals surface area contributed by atoms with Crippen molar-refractivity contribution in [1.29, 1.82) is 0 Å². The van der Waals surface area contributed by atoms with Crippen LogP contribution in [0.3, 0.4) is 0 Å². The van der Waals surface area contributed by atoms with Gasteiger partial charge in [0, 0.05) is 0 Å². The highest BCUT2D eigenvalue weighted by Gasteiger charge is 2.30. The molecule has 0 bridgehead atoms. The second-order valence-corrected chi connectivity index (χ2v) is 2.50. The fourth-order valence-corrected chi connectivity index (χ4v) is 0.751. The molecule has 0 amide bonds. The van der Waals surface area contributed by atoms with E-state index >= 15 is 0 Å². The van der Waals surface area contributed by atoms with E-state index in [2.05, 4.69) is 4.74 Å². The summed E-state index contributed by atoms with van der Waals surface area (Å²) >= 11 is 5.61. The first-order valence-electron chi connectivity index (χ1n) is 2.52. The lowest BCUT2D eigenvalue weighted by Crippen LogP contribution is -2.10. The number of ether oxygens (including phenoxy) is 1. The van der Waals surface area contributed by atoms with Gasteiger partial charge in [0.05, 0.1) is 11.3 Å². The van der Waals surface area contributed by atoms with E-state index in [4.69, 9.17) is 11.6 Å². The molecule has 0 spiro atoms. The van der Waals surface area contributed by atoms with Crippen LogP contribution in [-0.2, 0) is 9.53 Å². The fourth-order valence-electron chi connectivity index (χ4n) is 0.585. The van der Waals surface area contributed by atoms with Crippen LogP contribution in [0.25, 0.3) is 0 Å². The van der Waals surface area contributed by atoms with E-state index in [9.17, 15) is 4.79 Å². The summed E-state index contributed by atoms with van der Waals surface area (Å²) in [6.07, 6.45) is 0. The Morgan fingerprint density at radius 2 is 2.50 bits per heavy atom. The Morgan fingerprint density at radius 3 is 2.62 bits per heavy atom. The van der Waals surface area contributed by atoms with Crippen LogP contribution >= 0.6 is 11.6 Å². The zero-order chi connectivity index (χ0) is 6.15. The zero-order valence-corrected chi connectivity index (χ0v) is 5.31. The van der Waals surface area contributed by atoms with Crippen molar-refractivity contribution >= 4 is 17.6 Å². The summed E-state index contributed by atoms with van der Waals surface area (Å²) < 4.78 is 4.61. The number of esters is 1. The number of carbonyl (C=O) groups is 1. The molecule has 0 aromatic heterocycles. The molecule has 0 aromatic rings. The summed E-state index contributed by atoms with van der Waals surface area (Å²) in [7, 11) is 0. The van der Waals surface area contributed by atoms with Crippen molar-refractivity contribution in [2.75, 3.05) is 6.61 Å². The highest BCUT2D eigenvalue weighted by molar-refractivity contribution is 6.22. The van der Waals surface area contributed by atoms with Crippen molar-refractivity contribution in [3.8, 4) is 0 Å². The number of hydrogen-bond donors (Lipinski definition) is 0. The quantitative estimate of drug-likeness (QED) is 0.362.